The lowest BCUT2D eigenvalue weighted by Crippen LogP contribution is -2.43. The molecule has 1 aliphatic heterocycles. The van der Waals surface area contributed by atoms with Crippen LogP contribution in [-0.2, 0) is 11.2 Å². The molecule has 0 spiro atoms. The number of aryl methyl sites for hydroxylation is 1. The summed E-state index contributed by atoms with van der Waals surface area (Å²) in [5.74, 6) is 1.82. The Labute approximate surface area is 189 Å². The van der Waals surface area contributed by atoms with E-state index in [-0.39, 0.29) is 11.8 Å². The highest BCUT2D eigenvalue weighted by Gasteiger charge is 2.26. The minimum absolute atomic E-state index is 0.0140. The van der Waals surface area contributed by atoms with E-state index in [2.05, 4.69) is 44.5 Å². The van der Waals surface area contributed by atoms with E-state index in [1.165, 1.54) is 5.56 Å². The zero-order valence-electron chi connectivity index (χ0n) is 18.5. The normalized spacial score (nSPS) is 15.9. The van der Waals surface area contributed by atoms with Gasteiger partial charge in [0.15, 0.2) is 0 Å². The largest absolute Gasteiger partial charge is 0.497 e. The minimum atomic E-state index is -0.0140. The van der Waals surface area contributed by atoms with E-state index in [9.17, 15) is 4.79 Å². The van der Waals surface area contributed by atoms with Crippen LogP contribution in [0.3, 0.4) is 0 Å². The number of nitrogens with zero attached hydrogens (tertiary/aromatic N) is 3. The number of hydrogen-bond acceptors (Lipinski definition) is 5. The third kappa shape index (κ3) is 5.63. The van der Waals surface area contributed by atoms with Crippen molar-refractivity contribution in [1.82, 2.24) is 15.3 Å². The van der Waals surface area contributed by atoms with E-state index < -0.39 is 0 Å². The van der Waals surface area contributed by atoms with Gasteiger partial charge in [-0.25, -0.2) is 9.97 Å². The van der Waals surface area contributed by atoms with Crippen LogP contribution in [0.1, 0.15) is 24.8 Å². The molecule has 2 aromatic carbocycles. The van der Waals surface area contributed by atoms with E-state index in [0.717, 1.165) is 55.1 Å². The Morgan fingerprint density at radius 1 is 1.12 bits per heavy atom. The molecule has 1 atom stereocenters. The van der Waals surface area contributed by atoms with Gasteiger partial charge in [-0.15, -0.1) is 0 Å². The van der Waals surface area contributed by atoms with Crippen LogP contribution < -0.4 is 15.0 Å². The van der Waals surface area contributed by atoms with Crippen LogP contribution >= 0.6 is 0 Å². The zero-order chi connectivity index (χ0) is 22.2. The molecule has 0 saturated carbocycles. The number of carbonyl (C=O) groups excluding carboxylic acids is 1. The highest BCUT2D eigenvalue weighted by molar-refractivity contribution is 5.79. The van der Waals surface area contributed by atoms with Crippen molar-refractivity contribution in [3.63, 3.8) is 0 Å². The summed E-state index contributed by atoms with van der Waals surface area (Å²) >= 11 is 0. The molecule has 1 amide bonds. The molecule has 32 heavy (non-hydrogen) atoms. The Morgan fingerprint density at radius 3 is 2.72 bits per heavy atom. The van der Waals surface area contributed by atoms with Crippen molar-refractivity contribution in [2.24, 2.45) is 5.92 Å². The molecule has 1 aliphatic rings. The zero-order valence-corrected chi connectivity index (χ0v) is 18.5. The van der Waals surface area contributed by atoms with Crippen LogP contribution in [-0.4, -0.2) is 42.6 Å². The van der Waals surface area contributed by atoms with E-state index in [4.69, 9.17) is 4.74 Å². The van der Waals surface area contributed by atoms with Crippen LogP contribution in [0.2, 0.25) is 0 Å². The number of hydrogen-bond donors (Lipinski definition) is 1. The molecule has 0 bridgehead atoms. The fourth-order valence-electron chi connectivity index (χ4n) is 4.13. The Morgan fingerprint density at radius 2 is 1.94 bits per heavy atom. The lowest BCUT2D eigenvalue weighted by Gasteiger charge is -2.33. The Balaban J connectivity index is 1.32. The first-order valence-electron chi connectivity index (χ1n) is 11.3. The molecule has 0 aliphatic carbocycles. The number of benzene rings is 2. The third-order valence-electron chi connectivity index (χ3n) is 5.94. The summed E-state index contributed by atoms with van der Waals surface area (Å²) in [7, 11) is 1.66. The van der Waals surface area contributed by atoms with Gasteiger partial charge in [0.2, 0.25) is 5.91 Å². The smallest absolute Gasteiger partial charge is 0.224 e. The van der Waals surface area contributed by atoms with E-state index in [1.54, 1.807) is 13.4 Å². The predicted octanol–water partition coefficient (Wildman–Crippen LogP) is 4.12. The van der Waals surface area contributed by atoms with Crippen LogP contribution in [0.5, 0.6) is 5.75 Å². The summed E-state index contributed by atoms with van der Waals surface area (Å²) in [6.07, 6.45) is 5.42. The molecule has 0 radical (unpaired) electrons. The van der Waals surface area contributed by atoms with Crippen LogP contribution in [0.4, 0.5) is 5.82 Å². The highest BCUT2D eigenvalue weighted by atomic mass is 16.5. The molecule has 6 heteroatoms. The van der Waals surface area contributed by atoms with Gasteiger partial charge in [-0.3, -0.25) is 4.79 Å². The average Bonchev–Trinajstić information content (AvgIpc) is 2.87. The van der Waals surface area contributed by atoms with Crippen molar-refractivity contribution in [2.45, 2.75) is 25.7 Å². The van der Waals surface area contributed by atoms with Crippen LogP contribution in [0.25, 0.3) is 11.3 Å². The van der Waals surface area contributed by atoms with Gasteiger partial charge < -0.3 is 15.0 Å². The summed E-state index contributed by atoms with van der Waals surface area (Å²) in [6, 6.07) is 20.2. The van der Waals surface area contributed by atoms with Crippen molar-refractivity contribution in [1.29, 1.82) is 0 Å². The number of amides is 1. The number of carbonyl (C=O) groups is 1. The van der Waals surface area contributed by atoms with Gasteiger partial charge in [-0.05, 0) is 55.5 Å². The molecule has 1 N–H and O–H groups in total. The molecule has 2 heterocycles. The van der Waals surface area contributed by atoms with E-state index in [0.29, 0.717) is 13.1 Å². The maximum absolute atomic E-state index is 12.8. The van der Waals surface area contributed by atoms with Crippen molar-refractivity contribution >= 4 is 11.7 Å². The molecule has 4 rings (SSSR count). The van der Waals surface area contributed by atoms with Crippen LogP contribution in [0.15, 0.2) is 67.0 Å². The highest BCUT2D eigenvalue weighted by Crippen LogP contribution is 2.26. The lowest BCUT2D eigenvalue weighted by atomic mass is 9.97. The number of rotatable bonds is 8. The third-order valence-corrected chi connectivity index (χ3v) is 5.94. The first-order valence-corrected chi connectivity index (χ1v) is 11.3. The van der Waals surface area contributed by atoms with Gasteiger partial charge >= 0.3 is 0 Å². The molecule has 6 nitrogen and oxygen atoms in total. The van der Waals surface area contributed by atoms with Crippen LogP contribution in [0, 0.1) is 5.92 Å². The van der Waals surface area contributed by atoms with E-state index >= 15 is 0 Å². The number of nitrogens with one attached hydrogen (secondary N) is 1. The first kappa shape index (κ1) is 21.8. The SMILES string of the molecule is COc1ccc(-c2cc(N3CCCC(C(=O)NCCCc4ccccc4)C3)ncn2)cc1. The van der Waals surface area contributed by atoms with Gasteiger partial charge in [-0.1, -0.05) is 30.3 Å². The van der Waals surface area contributed by atoms with Gasteiger partial charge in [0.1, 0.15) is 17.9 Å². The first-order chi connectivity index (χ1) is 15.7. The molecule has 1 unspecified atom stereocenters. The number of ether oxygens (including phenoxy) is 1. The van der Waals surface area contributed by atoms with Gasteiger partial charge in [-0.2, -0.15) is 0 Å². The summed E-state index contributed by atoms with van der Waals surface area (Å²) in [5, 5.41) is 3.13. The van der Waals surface area contributed by atoms with Gasteiger partial charge in [0.25, 0.3) is 0 Å². The van der Waals surface area contributed by atoms with E-state index in [1.807, 2.05) is 36.4 Å². The number of aromatic nitrogens is 2. The second kappa shape index (κ2) is 10.8. The maximum Gasteiger partial charge on any atom is 0.224 e. The molecule has 166 valence electrons. The topological polar surface area (TPSA) is 67.3 Å². The second-order valence-corrected chi connectivity index (χ2v) is 8.16. The second-order valence-electron chi connectivity index (χ2n) is 8.16. The molecule has 1 saturated heterocycles. The van der Waals surface area contributed by atoms with Crippen molar-refractivity contribution in [2.75, 3.05) is 31.6 Å². The van der Waals surface area contributed by atoms with Crippen molar-refractivity contribution in [3.8, 4) is 17.0 Å². The Hall–Kier alpha value is -3.41. The summed E-state index contributed by atoms with van der Waals surface area (Å²) in [5.41, 5.74) is 3.19. The molecule has 1 fully saturated rings. The standard InChI is InChI=1S/C26H30N4O2/c1-32-23-13-11-21(12-14-23)24-17-25(29-19-28-24)30-16-6-10-22(18-30)26(31)27-15-5-9-20-7-3-2-4-8-20/h2-4,7-8,11-14,17,19,22H,5-6,9-10,15-16,18H2,1H3,(H,27,31). The number of anilines is 1. The monoisotopic (exact) mass is 430 g/mol. The molecule has 1 aromatic heterocycles. The lowest BCUT2D eigenvalue weighted by molar-refractivity contribution is -0.125. The van der Waals surface area contributed by atoms with Gasteiger partial charge in [0, 0.05) is 31.3 Å². The number of methoxy groups -OCH3 is 1. The Bertz CT molecular complexity index is 1010. The number of piperidine rings is 1. The van der Waals surface area contributed by atoms with Crippen molar-refractivity contribution < 1.29 is 9.53 Å². The predicted molar refractivity (Wildman–Crippen MR) is 127 cm³/mol. The summed E-state index contributed by atoms with van der Waals surface area (Å²) in [6.45, 7) is 2.29. The minimum Gasteiger partial charge on any atom is -0.497 e. The van der Waals surface area contributed by atoms with Gasteiger partial charge in [0.05, 0.1) is 18.7 Å². The fraction of sp³-hybridized carbons (Fsp3) is 0.346. The quantitative estimate of drug-likeness (QED) is 0.545. The molecular formula is C26H30N4O2. The summed E-state index contributed by atoms with van der Waals surface area (Å²) < 4.78 is 5.24. The fourth-order valence-corrected chi connectivity index (χ4v) is 4.13. The van der Waals surface area contributed by atoms with Crippen molar-refractivity contribution in [3.05, 3.63) is 72.6 Å². The maximum atomic E-state index is 12.8. The average molecular weight is 431 g/mol. The Kier molecular flexibility index (Phi) is 7.33. The summed E-state index contributed by atoms with van der Waals surface area (Å²) in [4.78, 5) is 23.9. The molecular weight excluding hydrogens is 400 g/mol. The molecule has 3 aromatic rings.